The van der Waals surface area contributed by atoms with Gasteiger partial charge in [0.2, 0.25) is 0 Å². The van der Waals surface area contributed by atoms with Crippen LogP contribution in [0.1, 0.15) is 5.56 Å². The van der Waals surface area contributed by atoms with Gasteiger partial charge in [-0.1, -0.05) is 158 Å². The molecule has 3 heterocycles. The predicted molar refractivity (Wildman–Crippen MR) is 246 cm³/mol. The lowest BCUT2D eigenvalue weighted by atomic mass is 10.1. The minimum Gasteiger partial charge on any atom is -0.397 e. The molecule has 0 atom stereocenters. The van der Waals surface area contributed by atoms with E-state index < -0.39 is 0 Å². The molecule has 60 heavy (non-hydrogen) atoms. The Bertz CT molecular complexity index is 3560. The first kappa shape index (κ1) is 34.1. The van der Waals surface area contributed by atoms with Crippen LogP contribution in [0.4, 0.5) is 0 Å². The second-order valence-corrected chi connectivity index (χ2v) is 15.5. The van der Waals surface area contributed by atoms with Gasteiger partial charge in [-0.3, -0.25) is 9.78 Å². The molecule has 0 saturated carbocycles. The van der Waals surface area contributed by atoms with Gasteiger partial charge in [0.25, 0.3) is 0 Å². The molecule has 0 bridgehead atoms. The van der Waals surface area contributed by atoms with Crippen LogP contribution in [-0.4, -0.2) is 14.1 Å². The van der Waals surface area contributed by atoms with Crippen molar-refractivity contribution in [1.29, 1.82) is 0 Å². The highest BCUT2D eigenvalue weighted by atomic mass is 15.3. The molecule has 282 valence electrons. The maximum Gasteiger partial charge on any atom is 0.126 e. The Balaban J connectivity index is 1.05. The van der Waals surface area contributed by atoms with Gasteiger partial charge in [0.1, 0.15) is 12.4 Å². The Kier molecular flexibility index (Phi) is 7.85. The first-order chi connectivity index (χ1) is 29.7. The Morgan fingerprint density at radius 2 is 0.967 bits per heavy atom. The third kappa shape index (κ3) is 5.63. The summed E-state index contributed by atoms with van der Waals surface area (Å²) in [5.74, 6) is 1.56. The molecule has 9 aromatic carbocycles. The van der Waals surface area contributed by atoms with E-state index in [4.69, 9.17) is 10.1 Å². The van der Waals surface area contributed by atoms with Crippen LogP contribution in [0.15, 0.2) is 212 Å². The molecule has 0 aliphatic rings. The van der Waals surface area contributed by atoms with Crippen LogP contribution in [0, 0.1) is 0 Å². The highest BCUT2D eigenvalue weighted by Crippen LogP contribution is 2.40. The summed E-state index contributed by atoms with van der Waals surface area (Å²) in [6, 6.07) is 76.1. The average Bonchev–Trinajstić information content (AvgIpc) is 3.99. The molecular formula is C55H37N5. The van der Waals surface area contributed by atoms with Crippen molar-refractivity contribution < 1.29 is 4.68 Å². The molecule has 0 saturated heterocycles. The Morgan fingerprint density at radius 1 is 0.383 bits per heavy atom. The normalized spacial score (nSPS) is 11.7. The largest absolute Gasteiger partial charge is 0.397 e. The summed E-state index contributed by atoms with van der Waals surface area (Å²) in [4.78, 5) is 5.15. The maximum absolute atomic E-state index is 5.15. The summed E-state index contributed by atoms with van der Waals surface area (Å²) in [6.07, 6.45) is 0. The molecule has 3 aromatic heterocycles. The van der Waals surface area contributed by atoms with Gasteiger partial charge < -0.3 is 14.1 Å². The van der Waals surface area contributed by atoms with Crippen LogP contribution in [0.5, 0.6) is 0 Å². The molecule has 0 aliphatic carbocycles. The molecule has 0 unspecified atom stereocenters. The van der Waals surface area contributed by atoms with E-state index in [-0.39, 0.29) is 0 Å². The van der Waals surface area contributed by atoms with Crippen molar-refractivity contribution in [2.75, 3.05) is 0 Å². The summed E-state index contributed by atoms with van der Waals surface area (Å²) >= 11 is 0. The second kappa shape index (κ2) is 13.8. The van der Waals surface area contributed by atoms with Gasteiger partial charge >= 0.3 is 0 Å². The number of hydrogen-bond acceptors (Lipinski definition) is 1. The van der Waals surface area contributed by atoms with E-state index >= 15 is 0 Å². The lowest BCUT2D eigenvalue weighted by Gasteiger charge is -2.13. The smallest absolute Gasteiger partial charge is 0.126 e. The molecule has 0 aliphatic heterocycles. The molecule has 0 fully saturated rings. The third-order valence-corrected chi connectivity index (χ3v) is 11.9. The number of benzene rings is 9. The first-order valence-electron chi connectivity index (χ1n) is 20.4. The number of para-hydroxylation sites is 2. The van der Waals surface area contributed by atoms with Crippen molar-refractivity contribution in [1.82, 2.24) is 19.2 Å². The lowest BCUT2D eigenvalue weighted by molar-refractivity contribution is -0.737. The zero-order chi connectivity index (χ0) is 39.6. The molecule has 0 N–H and O–H groups in total. The van der Waals surface area contributed by atoms with Gasteiger partial charge in [-0.15, -0.1) is 0 Å². The average molecular weight is 768 g/mol. The SMILES string of the molecule is c1ccc(C[n+]2[n-]c(-c3ccccc3)nc2-c2ccc3ccc(-n4c5ccccc5c5cc6c7ccccc7n(-c7cccc(-c8ccccc8)c7)c6cc54)cc3c2)cc1. The van der Waals surface area contributed by atoms with E-state index in [9.17, 15) is 0 Å². The van der Waals surface area contributed by atoms with E-state index in [1.807, 2.05) is 28.9 Å². The molecule has 0 spiro atoms. The van der Waals surface area contributed by atoms with Gasteiger partial charge in [0, 0.05) is 38.5 Å². The summed E-state index contributed by atoms with van der Waals surface area (Å²) in [7, 11) is 0. The van der Waals surface area contributed by atoms with E-state index in [2.05, 4.69) is 197 Å². The van der Waals surface area contributed by atoms with Gasteiger partial charge in [0.15, 0.2) is 0 Å². The van der Waals surface area contributed by atoms with Gasteiger partial charge in [-0.2, -0.15) is 0 Å². The fraction of sp³-hybridized carbons (Fsp3) is 0.0182. The summed E-state index contributed by atoms with van der Waals surface area (Å²) in [5.41, 5.74) is 12.5. The van der Waals surface area contributed by atoms with Crippen molar-refractivity contribution in [2.45, 2.75) is 6.54 Å². The Hall–Kier alpha value is -8.02. The van der Waals surface area contributed by atoms with Crippen LogP contribution in [0.3, 0.4) is 0 Å². The quantitative estimate of drug-likeness (QED) is 0.152. The topological polar surface area (TPSA) is 40.7 Å². The minimum absolute atomic E-state index is 0.622. The number of rotatable bonds is 7. The molecule has 0 amide bonds. The predicted octanol–water partition coefficient (Wildman–Crippen LogP) is 12.7. The van der Waals surface area contributed by atoms with E-state index in [0.717, 1.165) is 45.1 Å². The first-order valence-corrected chi connectivity index (χ1v) is 20.4. The monoisotopic (exact) mass is 767 g/mol. The highest BCUT2D eigenvalue weighted by Gasteiger charge is 2.19. The van der Waals surface area contributed by atoms with Gasteiger partial charge in [0.05, 0.1) is 22.1 Å². The Morgan fingerprint density at radius 3 is 1.67 bits per heavy atom. The molecular weight excluding hydrogens is 731 g/mol. The van der Waals surface area contributed by atoms with Crippen LogP contribution >= 0.6 is 0 Å². The fourth-order valence-electron chi connectivity index (χ4n) is 9.09. The molecule has 0 radical (unpaired) electrons. The van der Waals surface area contributed by atoms with Crippen LogP contribution in [0.25, 0.3) is 99.7 Å². The van der Waals surface area contributed by atoms with Crippen LogP contribution in [0.2, 0.25) is 0 Å². The summed E-state index contributed by atoms with van der Waals surface area (Å²) in [6.45, 7) is 0.622. The lowest BCUT2D eigenvalue weighted by Crippen LogP contribution is -2.40. The van der Waals surface area contributed by atoms with Gasteiger partial charge in [-0.25, -0.2) is 0 Å². The van der Waals surface area contributed by atoms with Crippen molar-refractivity contribution in [2.24, 2.45) is 0 Å². The standard InChI is InChI=1S/C55H37N5/c1-4-15-37(16-5-1)36-58-55(56-54(57-58)40-19-8-3-9-20-40)42-28-27-39-29-30-45(33-43(39)31-42)60-51-26-13-11-24-47(51)49-34-48-46-23-10-12-25-50(46)59(52(48)35-53(49)60)44-22-14-21-41(32-44)38-17-6-2-7-18-38/h1-35H,36H2. The van der Waals surface area contributed by atoms with E-state index in [0.29, 0.717) is 6.54 Å². The summed E-state index contributed by atoms with van der Waals surface area (Å²) in [5, 5.41) is 12.3. The van der Waals surface area contributed by atoms with Gasteiger partial charge in [-0.05, 0) is 93.4 Å². The number of nitrogens with zero attached hydrogens (tertiary/aromatic N) is 5. The maximum atomic E-state index is 5.15. The molecule has 12 aromatic rings. The zero-order valence-electron chi connectivity index (χ0n) is 32.7. The zero-order valence-corrected chi connectivity index (χ0v) is 32.7. The highest BCUT2D eigenvalue weighted by molar-refractivity contribution is 6.19. The van der Waals surface area contributed by atoms with E-state index in [1.54, 1.807) is 0 Å². The molecule has 12 rings (SSSR count). The van der Waals surface area contributed by atoms with Crippen molar-refractivity contribution in [3.63, 3.8) is 0 Å². The number of aromatic nitrogens is 5. The van der Waals surface area contributed by atoms with Crippen molar-refractivity contribution >= 4 is 54.4 Å². The fourth-order valence-corrected chi connectivity index (χ4v) is 9.09. The third-order valence-electron chi connectivity index (χ3n) is 11.9. The minimum atomic E-state index is 0.622. The van der Waals surface area contributed by atoms with E-state index in [1.165, 1.54) is 60.2 Å². The number of hydrogen-bond donors (Lipinski definition) is 0. The van der Waals surface area contributed by atoms with Crippen molar-refractivity contribution in [3.05, 3.63) is 218 Å². The number of fused-ring (bicyclic) bond motifs is 7. The Labute approximate surface area is 346 Å². The van der Waals surface area contributed by atoms with Crippen molar-refractivity contribution in [3.8, 4) is 45.3 Å². The van der Waals surface area contributed by atoms with Crippen LogP contribution < -0.4 is 9.78 Å². The van der Waals surface area contributed by atoms with Crippen LogP contribution in [-0.2, 0) is 6.54 Å². The molecule has 5 heteroatoms. The molecule has 5 nitrogen and oxygen atoms in total. The second-order valence-electron chi connectivity index (χ2n) is 15.5. The summed E-state index contributed by atoms with van der Waals surface area (Å²) < 4.78 is 6.90.